The normalized spacial score (nSPS) is 21.9. The van der Waals surface area contributed by atoms with Crippen LogP contribution in [0.4, 0.5) is 4.39 Å². The lowest BCUT2D eigenvalue weighted by Gasteiger charge is -2.19. The average Bonchev–Trinajstić information content (AvgIpc) is 2.92. The minimum Gasteiger partial charge on any atom is -0.490 e. The number of rotatable bonds is 8. The molecule has 1 aromatic carbocycles. The number of halogens is 1. The SMILES string of the molecule is O=C(CCN1C(=O)[C@H]2CCCC[C@H]2C1=O)NCCCOc1ccccc1F. The third-order valence-electron chi connectivity index (χ3n) is 5.23. The van der Waals surface area contributed by atoms with Gasteiger partial charge in [-0.05, 0) is 31.4 Å². The zero-order chi connectivity index (χ0) is 19.2. The second kappa shape index (κ2) is 8.97. The van der Waals surface area contributed by atoms with Crippen LogP contribution in [0.25, 0.3) is 0 Å². The Labute approximate surface area is 158 Å². The lowest BCUT2D eigenvalue weighted by atomic mass is 9.81. The summed E-state index contributed by atoms with van der Waals surface area (Å²) in [5, 5.41) is 2.74. The molecule has 0 unspecified atom stereocenters. The Morgan fingerprint density at radius 2 is 1.81 bits per heavy atom. The number of fused-ring (bicyclic) bond motifs is 1. The number of para-hydroxylation sites is 1. The highest BCUT2D eigenvalue weighted by Gasteiger charge is 2.47. The first-order valence-corrected chi connectivity index (χ1v) is 9.57. The van der Waals surface area contributed by atoms with Gasteiger partial charge in [-0.15, -0.1) is 0 Å². The van der Waals surface area contributed by atoms with E-state index in [9.17, 15) is 18.8 Å². The van der Waals surface area contributed by atoms with Gasteiger partial charge < -0.3 is 10.1 Å². The van der Waals surface area contributed by atoms with E-state index in [4.69, 9.17) is 4.74 Å². The molecular formula is C20H25FN2O4. The van der Waals surface area contributed by atoms with E-state index in [1.54, 1.807) is 18.2 Å². The van der Waals surface area contributed by atoms with Crippen molar-refractivity contribution in [1.82, 2.24) is 10.2 Å². The van der Waals surface area contributed by atoms with Crippen molar-refractivity contribution in [2.24, 2.45) is 11.8 Å². The number of carbonyl (C=O) groups excluding carboxylic acids is 3. The van der Waals surface area contributed by atoms with Crippen LogP contribution in [0.1, 0.15) is 38.5 Å². The molecule has 2 aliphatic rings. The van der Waals surface area contributed by atoms with Crippen LogP contribution in [-0.2, 0) is 14.4 Å². The number of nitrogens with zero attached hydrogens (tertiary/aromatic N) is 1. The molecule has 0 spiro atoms. The van der Waals surface area contributed by atoms with Gasteiger partial charge in [0.05, 0.1) is 18.4 Å². The van der Waals surface area contributed by atoms with Crippen molar-refractivity contribution in [3.8, 4) is 5.75 Å². The number of imide groups is 1. The highest BCUT2D eigenvalue weighted by molar-refractivity contribution is 6.05. The average molecular weight is 376 g/mol. The largest absolute Gasteiger partial charge is 0.490 e. The molecule has 0 bridgehead atoms. The minimum absolute atomic E-state index is 0.102. The number of likely N-dealkylation sites (tertiary alicyclic amines) is 1. The highest BCUT2D eigenvalue weighted by Crippen LogP contribution is 2.37. The number of amides is 3. The summed E-state index contributed by atoms with van der Waals surface area (Å²) in [6.07, 6.45) is 4.17. The summed E-state index contributed by atoms with van der Waals surface area (Å²) in [6.45, 7) is 0.816. The van der Waals surface area contributed by atoms with E-state index in [0.29, 0.717) is 13.0 Å². The van der Waals surface area contributed by atoms with E-state index in [1.165, 1.54) is 11.0 Å². The second-order valence-corrected chi connectivity index (χ2v) is 7.06. The first-order chi connectivity index (χ1) is 13.1. The Kier molecular flexibility index (Phi) is 6.42. The van der Waals surface area contributed by atoms with Gasteiger partial charge in [0.15, 0.2) is 11.6 Å². The summed E-state index contributed by atoms with van der Waals surface area (Å²) < 4.78 is 18.7. The molecule has 1 aliphatic heterocycles. The summed E-state index contributed by atoms with van der Waals surface area (Å²) in [7, 11) is 0. The fourth-order valence-corrected chi connectivity index (χ4v) is 3.80. The standard InChI is InChI=1S/C20H25FN2O4/c21-16-8-3-4-9-17(16)27-13-5-11-22-18(24)10-12-23-19(25)14-6-1-2-7-15(14)20(23)26/h3-4,8-9,14-15H,1-2,5-7,10-13H2,(H,22,24)/t14-,15+. The van der Waals surface area contributed by atoms with Crippen molar-refractivity contribution < 1.29 is 23.5 Å². The van der Waals surface area contributed by atoms with Gasteiger partial charge in [-0.25, -0.2) is 4.39 Å². The van der Waals surface area contributed by atoms with Gasteiger partial charge in [0.2, 0.25) is 17.7 Å². The van der Waals surface area contributed by atoms with Crippen molar-refractivity contribution in [2.45, 2.75) is 38.5 Å². The van der Waals surface area contributed by atoms with E-state index in [-0.39, 0.29) is 54.9 Å². The number of hydrogen-bond donors (Lipinski definition) is 1. The zero-order valence-corrected chi connectivity index (χ0v) is 15.3. The Morgan fingerprint density at radius 3 is 2.48 bits per heavy atom. The lowest BCUT2D eigenvalue weighted by molar-refractivity contribution is -0.140. The highest BCUT2D eigenvalue weighted by atomic mass is 19.1. The van der Waals surface area contributed by atoms with Gasteiger partial charge in [0.25, 0.3) is 0 Å². The first-order valence-electron chi connectivity index (χ1n) is 9.57. The van der Waals surface area contributed by atoms with Crippen molar-refractivity contribution in [2.75, 3.05) is 19.7 Å². The van der Waals surface area contributed by atoms with Crippen LogP contribution in [0.2, 0.25) is 0 Å². The maximum Gasteiger partial charge on any atom is 0.233 e. The number of benzene rings is 1. The van der Waals surface area contributed by atoms with E-state index in [1.807, 2.05) is 0 Å². The van der Waals surface area contributed by atoms with Gasteiger partial charge >= 0.3 is 0 Å². The summed E-state index contributed by atoms with van der Waals surface area (Å²) in [4.78, 5) is 37.9. The van der Waals surface area contributed by atoms with E-state index in [0.717, 1.165) is 25.7 Å². The molecule has 0 aromatic heterocycles. The van der Waals surface area contributed by atoms with Crippen LogP contribution in [0, 0.1) is 17.7 Å². The van der Waals surface area contributed by atoms with E-state index in [2.05, 4.69) is 5.32 Å². The van der Waals surface area contributed by atoms with Crippen molar-refractivity contribution >= 4 is 17.7 Å². The third-order valence-corrected chi connectivity index (χ3v) is 5.23. The molecule has 1 aliphatic carbocycles. The summed E-state index contributed by atoms with van der Waals surface area (Å²) in [5.41, 5.74) is 0. The predicted molar refractivity (Wildman–Crippen MR) is 96.3 cm³/mol. The molecule has 27 heavy (non-hydrogen) atoms. The Bertz CT molecular complexity index is 685. The topological polar surface area (TPSA) is 75.7 Å². The van der Waals surface area contributed by atoms with Crippen LogP contribution >= 0.6 is 0 Å². The Morgan fingerprint density at radius 1 is 1.15 bits per heavy atom. The van der Waals surface area contributed by atoms with Crippen LogP contribution < -0.4 is 10.1 Å². The van der Waals surface area contributed by atoms with Gasteiger partial charge in [-0.1, -0.05) is 25.0 Å². The van der Waals surface area contributed by atoms with Crippen LogP contribution in [-0.4, -0.2) is 42.3 Å². The molecule has 1 saturated carbocycles. The number of hydrogen-bond acceptors (Lipinski definition) is 4. The molecule has 146 valence electrons. The van der Waals surface area contributed by atoms with Crippen LogP contribution in [0.5, 0.6) is 5.75 Å². The predicted octanol–water partition coefficient (Wildman–Crippen LogP) is 2.28. The fourth-order valence-electron chi connectivity index (χ4n) is 3.80. The summed E-state index contributed by atoms with van der Waals surface area (Å²) in [5.74, 6) is -1.02. The smallest absolute Gasteiger partial charge is 0.233 e. The molecule has 0 radical (unpaired) electrons. The zero-order valence-electron chi connectivity index (χ0n) is 15.3. The number of nitrogens with one attached hydrogen (secondary N) is 1. The molecule has 6 nitrogen and oxygen atoms in total. The van der Waals surface area contributed by atoms with Gasteiger partial charge in [-0.3, -0.25) is 19.3 Å². The molecule has 3 rings (SSSR count). The Hall–Kier alpha value is -2.44. The quantitative estimate of drug-likeness (QED) is 0.558. The maximum absolute atomic E-state index is 13.4. The van der Waals surface area contributed by atoms with Crippen molar-refractivity contribution in [3.05, 3.63) is 30.1 Å². The van der Waals surface area contributed by atoms with Gasteiger partial charge in [-0.2, -0.15) is 0 Å². The minimum atomic E-state index is -0.415. The number of carbonyl (C=O) groups is 3. The van der Waals surface area contributed by atoms with Gasteiger partial charge in [0.1, 0.15) is 0 Å². The molecule has 1 N–H and O–H groups in total. The molecule has 2 atom stereocenters. The molecule has 1 heterocycles. The Balaban J connectivity index is 1.33. The summed E-state index contributed by atoms with van der Waals surface area (Å²) >= 11 is 0. The van der Waals surface area contributed by atoms with E-state index >= 15 is 0 Å². The monoisotopic (exact) mass is 376 g/mol. The number of ether oxygens (including phenoxy) is 1. The van der Waals surface area contributed by atoms with Crippen molar-refractivity contribution in [1.29, 1.82) is 0 Å². The van der Waals surface area contributed by atoms with Crippen molar-refractivity contribution in [3.63, 3.8) is 0 Å². The molecule has 1 saturated heterocycles. The van der Waals surface area contributed by atoms with Crippen LogP contribution in [0.3, 0.4) is 0 Å². The van der Waals surface area contributed by atoms with E-state index < -0.39 is 5.82 Å². The van der Waals surface area contributed by atoms with Crippen LogP contribution in [0.15, 0.2) is 24.3 Å². The first kappa shape index (κ1) is 19.3. The molecule has 7 heteroatoms. The molecular weight excluding hydrogens is 351 g/mol. The second-order valence-electron chi connectivity index (χ2n) is 7.06. The molecule has 1 aromatic rings. The molecule has 2 fully saturated rings. The molecule has 3 amide bonds. The third kappa shape index (κ3) is 4.64. The lowest BCUT2D eigenvalue weighted by Crippen LogP contribution is -2.35. The fraction of sp³-hybridized carbons (Fsp3) is 0.550. The maximum atomic E-state index is 13.4. The van der Waals surface area contributed by atoms with Gasteiger partial charge in [0, 0.05) is 19.5 Å². The summed E-state index contributed by atoms with van der Waals surface area (Å²) in [6, 6.07) is 6.16.